The van der Waals surface area contributed by atoms with Crippen molar-refractivity contribution in [3.8, 4) is 19.5 Å². The van der Waals surface area contributed by atoms with Gasteiger partial charge in [-0.2, -0.15) is 0 Å². The van der Waals surface area contributed by atoms with Crippen LogP contribution in [0.25, 0.3) is 28.9 Å². The lowest BCUT2D eigenvalue weighted by molar-refractivity contribution is 0.111. The zero-order chi connectivity index (χ0) is 16.8. The molecule has 0 saturated carbocycles. The van der Waals surface area contributed by atoms with Crippen molar-refractivity contribution in [3.05, 3.63) is 45.1 Å². The van der Waals surface area contributed by atoms with Gasteiger partial charge in [-0.15, -0.1) is 45.3 Å². The molecule has 0 aliphatic carbocycles. The predicted molar refractivity (Wildman–Crippen MR) is 107 cm³/mol. The SMILES string of the molecule is Cc1c(-c2ccc(C=O)s2)sc2c(C)c(-c3ccc(C=O)s3)sc12. The van der Waals surface area contributed by atoms with Gasteiger partial charge in [0.2, 0.25) is 0 Å². The van der Waals surface area contributed by atoms with E-state index in [2.05, 4.69) is 13.8 Å². The molecule has 0 aliphatic rings. The fourth-order valence-electron chi connectivity index (χ4n) is 2.70. The molecule has 4 aromatic rings. The summed E-state index contributed by atoms with van der Waals surface area (Å²) in [6.45, 7) is 4.30. The van der Waals surface area contributed by atoms with Gasteiger partial charge >= 0.3 is 0 Å². The summed E-state index contributed by atoms with van der Waals surface area (Å²) in [5.74, 6) is 0. The fraction of sp³-hybridized carbons (Fsp3) is 0.111. The quantitative estimate of drug-likeness (QED) is 0.366. The van der Waals surface area contributed by atoms with Crippen molar-refractivity contribution >= 4 is 67.3 Å². The topological polar surface area (TPSA) is 34.1 Å². The van der Waals surface area contributed by atoms with Gasteiger partial charge in [-0.05, 0) is 49.2 Å². The highest BCUT2D eigenvalue weighted by Gasteiger charge is 2.19. The third-order valence-corrected chi connectivity index (χ3v) is 9.24. The number of aldehydes is 2. The molecule has 0 aliphatic heterocycles. The second kappa shape index (κ2) is 6.04. The van der Waals surface area contributed by atoms with Crippen LogP contribution in [0.4, 0.5) is 0 Å². The number of carbonyl (C=O) groups excluding carboxylic acids is 2. The van der Waals surface area contributed by atoms with Crippen molar-refractivity contribution in [2.24, 2.45) is 0 Å². The van der Waals surface area contributed by atoms with Crippen LogP contribution >= 0.6 is 45.3 Å². The summed E-state index contributed by atoms with van der Waals surface area (Å²) in [6, 6.07) is 7.82. The number of thiophene rings is 4. The molecule has 0 amide bonds. The van der Waals surface area contributed by atoms with Gasteiger partial charge in [0.05, 0.1) is 9.75 Å². The predicted octanol–water partition coefficient (Wildman–Crippen LogP) is 6.66. The van der Waals surface area contributed by atoms with Crippen molar-refractivity contribution < 1.29 is 9.59 Å². The first-order chi connectivity index (χ1) is 11.6. The molecule has 120 valence electrons. The first kappa shape index (κ1) is 15.9. The maximum atomic E-state index is 10.9. The summed E-state index contributed by atoms with van der Waals surface area (Å²) in [5, 5.41) is 0. The van der Waals surface area contributed by atoms with Crippen LogP contribution in [-0.2, 0) is 0 Å². The van der Waals surface area contributed by atoms with Gasteiger partial charge in [-0.1, -0.05) is 0 Å². The lowest BCUT2D eigenvalue weighted by Gasteiger charge is -1.97. The molecule has 0 bridgehead atoms. The molecule has 4 rings (SSSR count). The van der Waals surface area contributed by atoms with Gasteiger partial charge in [0.1, 0.15) is 0 Å². The molecule has 6 heteroatoms. The number of fused-ring (bicyclic) bond motifs is 1. The van der Waals surface area contributed by atoms with Gasteiger partial charge in [0.25, 0.3) is 0 Å². The first-order valence-electron chi connectivity index (χ1n) is 7.25. The molecule has 0 spiro atoms. The normalized spacial score (nSPS) is 11.2. The molecule has 4 heterocycles. The monoisotopic (exact) mass is 388 g/mol. The first-order valence-corrected chi connectivity index (χ1v) is 10.5. The van der Waals surface area contributed by atoms with Crippen LogP contribution in [0.15, 0.2) is 24.3 Å². The van der Waals surface area contributed by atoms with Crippen LogP contribution in [0.5, 0.6) is 0 Å². The van der Waals surface area contributed by atoms with E-state index < -0.39 is 0 Å². The summed E-state index contributed by atoms with van der Waals surface area (Å²) in [6.07, 6.45) is 1.81. The Morgan fingerprint density at radius 3 is 1.42 bits per heavy atom. The van der Waals surface area contributed by atoms with Gasteiger partial charge in [0.15, 0.2) is 12.6 Å². The van der Waals surface area contributed by atoms with Crippen molar-refractivity contribution in [2.75, 3.05) is 0 Å². The highest BCUT2D eigenvalue weighted by atomic mass is 32.1. The molecule has 24 heavy (non-hydrogen) atoms. The second-order valence-corrected chi connectivity index (χ2v) is 9.68. The zero-order valence-electron chi connectivity index (χ0n) is 12.9. The van der Waals surface area contributed by atoms with E-state index >= 15 is 0 Å². The fourth-order valence-corrected chi connectivity index (χ4v) is 7.47. The molecular formula is C18H12O2S4. The maximum Gasteiger partial charge on any atom is 0.160 e. The molecule has 0 radical (unpaired) electrons. The smallest absolute Gasteiger partial charge is 0.160 e. The largest absolute Gasteiger partial charge is 0.297 e. The maximum absolute atomic E-state index is 10.9. The summed E-state index contributed by atoms with van der Waals surface area (Å²) in [5.41, 5.74) is 2.56. The van der Waals surface area contributed by atoms with Crippen molar-refractivity contribution in [1.82, 2.24) is 0 Å². The Hall–Kier alpha value is -1.60. The number of hydrogen-bond acceptors (Lipinski definition) is 6. The van der Waals surface area contributed by atoms with Crippen LogP contribution < -0.4 is 0 Å². The third-order valence-electron chi connectivity index (χ3n) is 3.91. The van der Waals surface area contributed by atoms with Crippen LogP contribution in [0.2, 0.25) is 0 Å². The van der Waals surface area contributed by atoms with E-state index in [0.29, 0.717) is 0 Å². The Balaban J connectivity index is 1.86. The average Bonchev–Trinajstić information content (AvgIpc) is 3.34. The Kier molecular flexibility index (Phi) is 4.00. The highest BCUT2D eigenvalue weighted by molar-refractivity contribution is 7.34. The van der Waals surface area contributed by atoms with Crippen LogP contribution in [-0.4, -0.2) is 12.6 Å². The van der Waals surface area contributed by atoms with Crippen molar-refractivity contribution in [3.63, 3.8) is 0 Å². The van der Waals surface area contributed by atoms with E-state index in [1.165, 1.54) is 30.3 Å². The summed E-state index contributed by atoms with van der Waals surface area (Å²) in [4.78, 5) is 28.2. The molecule has 0 N–H and O–H groups in total. The second-order valence-electron chi connectivity index (χ2n) is 5.41. The minimum atomic E-state index is 0.763. The molecule has 0 atom stereocenters. The zero-order valence-corrected chi connectivity index (χ0v) is 16.2. The molecule has 0 aromatic carbocycles. The average molecular weight is 389 g/mol. The Labute approximate surface area is 155 Å². The Bertz CT molecular complexity index is 988. The van der Waals surface area contributed by atoms with Crippen molar-refractivity contribution in [1.29, 1.82) is 0 Å². The van der Waals surface area contributed by atoms with E-state index in [1.54, 1.807) is 45.3 Å². The van der Waals surface area contributed by atoms with Gasteiger partial charge in [0, 0.05) is 28.9 Å². The van der Waals surface area contributed by atoms with E-state index in [0.717, 1.165) is 32.1 Å². The molecule has 4 aromatic heterocycles. The Morgan fingerprint density at radius 2 is 1.08 bits per heavy atom. The summed E-state index contributed by atoms with van der Waals surface area (Å²) >= 11 is 6.67. The van der Waals surface area contributed by atoms with Crippen LogP contribution in [0, 0.1) is 13.8 Å². The summed E-state index contributed by atoms with van der Waals surface area (Å²) < 4.78 is 2.62. The number of carbonyl (C=O) groups is 2. The Morgan fingerprint density at radius 1 is 0.667 bits per heavy atom. The van der Waals surface area contributed by atoms with Crippen LogP contribution in [0.3, 0.4) is 0 Å². The molecule has 0 unspecified atom stereocenters. The third kappa shape index (κ3) is 2.41. The van der Waals surface area contributed by atoms with Crippen molar-refractivity contribution in [2.45, 2.75) is 13.8 Å². The van der Waals surface area contributed by atoms with E-state index in [9.17, 15) is 9.59 Å². The lowest BCUT2D eigenvalue weighted by atomic mass is 10.2. The number of aryl methyl sites for hydroxylation is 2. The molecular weight excluding hydrogens is 376 g/mol. The molecule has 0 saturated heterocycles. The minimum Gasteiger partial charge on any atom is -0.297 e. The van der Waals surface area contributed by atoms with Gasteiger partial charge < -0.3 is 0 Å². The lowest BCUT2D eigenvalue weighted by Crippen LogP contribution is -1.70. The van der Waals surface area contributed by atoms with Crippen LogP contribution in [0.1, 0.15) is 30.5 Å². The number of rotatable bonds is 4. The molecule has 2 nitrogen and oxygen atoms in total. The van der Waals surface area contributed by atoms with Gasteiger partial charge in [-0.3, -0.25) is 9.59 Å². The van der Waals surface area contributed by atoms with E-state index in [1.807, 2.05) is 24.3 Å². The van der Waals surface area contributed by atoms with Gasteiger partial charge in [-0.25, -0.2) is 0 Å². The summed E-state index contributed by atoms with van der Waals surface area (Å²) in [7, 11) is 0. The highest BCUT2D eigenvalue weighted by Crippen LogP contribution is 2.49. The molecule has 0 fully saturated rings. The standard InChI is InChI=1S/C18H12O2S4/c1-9-15(13-5-3-11(7-19)21-13)23-18-10(2)16(24-17(9)18)14-6-4-12(8-20)22-14/h3-8H,1-2H3. The van der Waals surface area contributed by atoms with E-state index in [-0.39, 0.29) is 0 Å². The number of hydrogen-bond donors (Lipinski definition) is 0. The van der Waals surface area contributed by atoms with E-state index in [4.69, 9.17) is 0 Å². The minimum absolute atomic E-state index is 0.763.